The van der Waals surface area contributed by atoms with Gasteiger partial charge in [-0.15, -0.1) is 0 Å². The van der Waals surface area contributed by atoms with Gasteiger partial charge in [-0.25, -0.2) is 0 Å². The van der Waals surface area contributed by atoms with Crippen LogP contribution in [0.25, 0.3) is 11.1 Å². The molecular formula is C31H46O4Si. The molecule has 0 saturated carbocycles. The van der Waals surface area contributed by atoms with Crippen LogP contribution < -0.4 is 9.47 Å². The minimum atomic E-state index is -1.29. The summed E-state index contributed by atoms with van der Waals surface area (Å²) in [5.41, 5.74) is 2.29. The van der Waals surface area contributed by atoms with Crippen molar-refractivity contribution < 1.29 is 19.0 Å². The molecule has 1 fully saturated rings. The van der Waals surface area contributed by atoms with Gasteiger partial charge in [0, 0.05) is 14.5 Å². The summed E-state index contributed by atoms with van der Waals surface area (Å²) >= 11 is 0. The first-order valence-corrected chi connectivity index (χ1v) is 17.7. The first-order chi connectivity index (χ1) is 17.3. The molecule has 5 heteroatoms. The molecule has 0 bridgehead atoms. The average Bonchev–Trinajstić information content (AvgIpc) is 3.20. The van der Waals surface area contributed by atoms with Crippen molar-refractivity contribution in [2.45, 2.75) is 96.5 Å². The SMILES string of the molecule is CCCCCCCCCCOc1ccc(-c2ccc(OC[C@@H]3C[C@H](C[Si](C)(C)C)C(=O)O3)cc2)cc1. The van der Waals surface area contributed by atoms with Gasteiger partial charge >= 0.3 is 5.97 Å². The number of cyclic esters (lactones) is 1. The first kappa shape index (κ1) is 28.3. The molecular weight excluding hydrogens is 464 g/mol. The fraction of sp³-hybridized carbons (Fsp3) is 0.581. The van der Waals surface area contributed by atoms with Crippen molar-refractivity contribution in [1.29, 1.82) is 0 Å². The first-order valence-electron chi connectivity index (χ1n) is 14.0. The highest BCUT2D eigenvalue weighted by Gasteiger charge is 2.37. The lowest BCUT2D eigenvalue weighted by Crippen LogP contribution is -2.25. The van der Waals surface area contributed by atoms with Crippen LogP contribution in [0.1, 0.15) is 64.7 Å². The van der Waals surface area contributed by atoms with E-state index in [0.717, 1.165) is 48.1 Å². The average molecular weight is 511 g/mol. The zero-order chi connectivity index (χ0) is 25.8. The molecule has 1 saturated heterocycles. The zero-order valence-electron chi connectivity index (χ0n) is 22.9. The van der Waals surface area contributed by atoms with Gasteiger partial charge in [0.2, 0.25) is 0 Å². The molecule has 0 radical (unpaired) electrons. The van der Waals surface area contributed by atoms with Crippen LogP contribution in [0.5, 0.6) is 11.5 Å². The second-order valence-corrected chi connectivity index (χ2v) is 17.0. The molecule has 36 heavy (non-hydrogen) atoms. The number of rotatable bonds is 16. The molecule has 198 valence electrons. The van der Waals surface area contributed by atoms with Gasteiger partial charge in [-0.3, -0.25) is 4.79 Å². The number of esters is 1. The van der Waals surface area contributed by atoms with Crippen LogP contribution in [-0.2, 0) is 9.53 Å². The van der Waals surface area contributed by atoms with E-state index in [4.69, 9.17) is 14.2 Å². The highest BCUT2D eigenvalue weighted by atomic mass is 28.3. The summed E-state index contributed by atoms with van der Waals surface area (Å²) in [6.45, 7) is 10.4. The van der Waals surface area contributed by atoms with E-state index < -0.39 is 8.07 Å². The van der Waals surface area contributed by atoms with Gasteiger partial charge in [0.25, 0.3) is 0 Å². The number of benzene rings is 2. The summed E-state index contributed by atoms with van der Waals surface area (Å²) in [5, 5.41) is 0. The lowest BCUT2D eigenvalue weighted by molar-refractivity contribution is -0.144. The van der Waals surface area contributed by atoms with Crippen molar-refractivity contribution in [3.05, 3.63) is 48.5 Å². The van der Waals surface area contributed by atoms with E-state index in [9.17, 15) is 4.79 Å². The Morgan fingerprint density at radius 1 is 0.778 bits per heavy atom. The van der Waals surface area contributed by atoms with E-state index in [1.807, 2.05) is 12.1 Å². The Labute approximate surface area is 219 Å². The molecule has 2 aromatic rings. The maximum Gasteiger partial charge on any atom is 0.309 e. The van der Waals surface area contributed by atoms with Gasteiger partial charge in [-0.1, -0.05) is 95.8 Å². The van der Waals surface area contributed by atoms with Crippen molar-refractivity contribution >= 4 is 14.0 Å². The topological polar surface area (TPSA) is 44.8 Å². The summed E-state index contributed by atoms with van der Waals surface area (Å²) < 4.78 is 17.4. The maximum absolute atomic E-state index is 12.2. The number of carbonyl (C=O) groups excluding carboxylic acids is 1. The van der Waals surface area contributed by atoms with Crippen LogP contribution in [0.2, 0.25) is 25.7 Å². The van der Waals surface area contributed by atoms with E-state index in [1.54, 1.807) is 0 Å². The summed E-state index contributed by atoms with van der Waals surface area (Å²) in [7, 11) is -1.29. The monoisotopic (exact) mass is 510 g/mol. The predicted molar refractivity (Wildman–Crippen MR) is 152 cm³/mol. The van der Waals surface area contributed by atoms with Gasteiger partial charge in [-0.2, -0.15) is 0 Å². The molecule has 2 aromatic carbocycles. The summed E-state index contributed by atoms with van der Waals surface area (Å²) in [6, 6.07) is 17.4. The van der Waals surface area contributed by atoms with Gasteiger partial charge in [0.15, 0.2) is 0 Å². The smallest absolute Gasteiger partial charge is 0.309 e. The second kappa shape index (κ2) is 14.5. The Hall–Kier alpha value is -2.27. The Morgan fingerprint density at radius 3 is 1.86 bits per heavy atom. The molecule has 0 aliphatic carbocycles. The van der Waals surface area contributed by atoms with E-state index >= 15 is 0 Å². The van der Waals surface area contributed by atoms with Crippen molar-refractivity contribution in [2.24, 2.45) is 5.92 Å². The normalized spacial score (nSPS) is 17.7. The van der Waals surface area contributed by atoms with E-state index in [2.05, 4.69) is 63.0 Å². The molecule has 0 aromatic heterocycles. The zero-order valence-corrected chi connectivity index (χ0v) is 23.9. The Kier molecular flexibility index (Phi) is 11.4. The highest BCUT2D eigenvalue weighted by Crippen LogP contribution is 2.30. The van der Waals surface area contributed by atoms with Crippen LogP contribution >= 0.6 is 0 Å². The summed E-state index contributed by atoms with van der Waals surface area (Å²) in [6.07, 6.45) is 11.1. The summed E-state index contributed by atoms with van der Waals surface area (Å²) in [5.74, 6) is 1.72. The standard InChI is InChI=1S/C31H46O4Si/c1-5-6-7-8-9-10-11-12-21-33-28-17-13-25(14-18-28)26-15-19-29(20-16-26)34-23-30-22-27(31(32)35-30)24-36(2,3)4/h13-20,27,30H,5-12,21-24H2,1-4H3/t27-,30+/m1/s1. The Bertz CT molecular complexity index is 902. The molecule has 0 unspecified atom stereocenters. The number of unbranched alkanes of at least 4 members (excludes halogenated alkanes) is 7. The van der Waals surface area contributed by atoms with Gasteiger partial charge in [0.05, 0.1) is 12.5 Å². The number of carbonyl (C=O) groups is 1. The Balaban J connectivity index is 1.36. The molecule has 1 aliphatic heterocycles. The van der Waals surface area contributed by atoms with Crippen molar-refractivity contribution in [2.75, 3.05) is 13.2 Å². The summed E-state index contributed by atoms with van der Waals surface area (Å²) in [4.78, 5) is 12.2. The molecule has 0 N–H and O–H groups in total. The lowest BCUT2D eigenvalue weighted by Gasteiger charge is -2.18. The lowest BCUT2D eigenvalue weighted by atomic mass is 10.1. The quantitative estimate of drug-likeness (QED) is 0.129. The number of hydrogen-bond acceptors (Lipinski definition) is 4. The predicted octanol–water partition coefficient (Wildman–Crippen LogP) is 8.52. The van der Waals surface area contributed by atoms with Gasteiger partial charge in [-0.05, 0) is 47.9 Å². The van der Waals surface area contributed by atoms with Gasteiger partial charge < -0.3 is 14.2 Å². The minimum absolute atomic E-state index is 0.0416. The second-order valence-electron chi connectivity index (χ2n) is 11.4. The third-order valence-electron chi connectivity index (χ3n) is 6.77. The third kappa shape index (κ3) is 10.0. The largest absolute Gasteiger partial charge is 0.494 e. The Morgan fingerprint density at radius 2 is 1.31 bits per heavy atom. The highest BCUT2D eigenvalue weighted by molar-refractivity contribution is 6.76. The fourth-order valence-electron chi connectivity index (χ4n) is 4.83. The van der Waals surface area contributed by atoms with Crippen LogP contribution in [0, 0.1) is 5.92 Å². The van der Waals surface area contributed by atoms with Crippen molar-refractivity contribution in [3.8, 4) is 22.6 Å². The van der Waals surface area contributed by atoms with E-state index in [0.29, 0.717) is 6.61 Å². The van der Waals surface area contributed by atoms with Crippen LogP contribution in [0.4, 0.5) is 0 Å². The molecule has 4 nitrogen and oxygen atoms in total. The van der Waals surface area contributed by atoms with Crippen LogP contribution in [-0.4, -0.2) is 33.4 Å². The number of hydrogen-bond donors (Lipinski definition) is 0. The molecule has 0 amide bonds. The molecule has 0 spiro atoms. The van der Waals surface area contributed by atoms with Gasteiger partial charge in [0.1, 0.15) is 24.2 Å². The fourth-order valence-corrected chi connectivity index (χ4v) is 6.64. The van der Waals surface area contributed by atoms with Crippen molar-refractivity contribution in [1.82, 2.24) is 0 Å². The third-order valence-corrected chi connectivity index (χ3v) is 8.48. The van der Waals surface area contributed by atoms with Crippen molar-refractivity contribution in [3.63, 3.8) is 0 Å². The molecule has 1 heterocycles. The molecule has 1 aliphatic rings. The van der Waals surface area contributed by atoms with E-state index in [1.165, 1.54) is 44.9 Å². The maximum atomic E-state index is 12.2. The van der Waals surface area contributed by atoms with Crippen LogP contribution in [0.3, 0.4) is 0 Å². The molecule has 3 rings (SSSR count). The van der Waals surface area contributed by atoms with Crippen LogP contribution in [0.15, 0.2) is 48.5 Å². The molecule has 2 atom stereocenters. The minimum Gasteiger partial charge on any atom is -0.494 e. The van der Waals surface area contributed by atoms with E-state index in [-0.39, 0.29) is 18.0 Å². The number of ether oxygens (including phenoxy) is 3.